The van der Waals surface area contributed by atoms with Gasteiger partial charge in [-0.25, -0.2) is 4.98 Å². The molecule has 0 aliphatic heterocycles. The predicted molar refractivity (Wildman–Crippen MR) is 68.9 cm³/mol. The molecule has 1 unspecified atom stereocenters. The van der Waals surface area contributed by atoms with Crippen LogP contribution in [-0.2, 0) is 6.42 Å². The SMILES string of the molecule is Cc1cccc(C(N)Cc2nccs2)c1Cl. The van der Waals surface area contributed by atoms with Crippen molar-refractivity contribution in [1.29, 1.82) is 0 Å². The van der Waals surface area contributed by atoms with Crippen molar-refractivity contribution in [2.24, 2.45) is 5.73 Å². The first-order valence-corrected chi connectivity index (χ1v) is 6.33. The highest BCUT2D eigenvalue weighted by Gasteiger charge is 2.13. The van der Waals surface area contributed by atoms with E-state index in [2.05, 4.69) is 4.98 Å². The molecule has 0 radical (unpaired) electrons. The van der Waals surface area contributed by atoms with E-state index in [9.17, 15) is 0 Å². The third-order valence-corrected chi connectivity index (χ3v) is 3.82. The van der Waals surface area contributed by atoms with Crippen LogP contribution in [0.2, 0.25) is 5.02 Å². The van der Waals surface area contributed by atoms with E-state index in [-0.39, 0.29) is 6.04 Å². The summed E-state index contributed by atoms with van der Waals surface area (Å²) in [5, 5.41) is 3.77. The first-order chi connectivity index (χ1) is 7.68. The second-order valence-corrected chi connectivity index (χ2v) is 5.07. The first-order valence-electron chi connectivity index (χ1n) is 5.07. The summed E-state index contributed by atoms with van der Waals surface area (Å²) in [5.74, 6) is 0. The van der Waals surface area contributed by atoms with Crippen molar-refractivity contribution in [3.05, 3.63) is 50.9 Å². The van der Waals surface area contributed by atoms with Crippen LogP contribution in [0.25, 0.3) is 0 Å². The minimum absolute atomic E-state index is 0.0847. The Morgan fingerprint density at radius 3 is 3.00 bits per heavy atom. The largest absolute Gasteiger partial charge is 0.324 e. The Hall–Kier alpha value is -0.900. The van der Waals surface area contributed by atoms with Gasteiger partial charge in [-0.1, -0.05) is 29.8 Å². The zero-order valence-electron chi connectivity index (χ0n) is 8.98. The molecular weight excluding hydrogens is 240 g/mol. The molecule has 1 heterocycles. The molecule has 2 aromatic rings. The molecule has 1 aromatic carbocycles. The molecule has 16 heavy (non-hydrogen) atoms. The van der Waals surface area contributed by atoms with Crippen LogP contribution >= 0.6 is 22.9 Å². The minimum Gasteiger partial charge on any atom is -0.324 e. The Balaban J connectivity index is 2.21. The Labute approximate surface area is 104 Å². The van der Waals surface area contributed by atoms with E-state index in [4.69, 9.17) is 17.3 Å². The van der Waals surface area contributed by atoms with E-state index in [1.807, 2.05) is 30.5 Å². The summed E-state index contributed by atoms with van der Waals surface area (Å²) in [7, 11) is 0. The molecule has 0 amide bonds. The normalized spacial score (nSPS) is 12.7. The van der Waals surface area contributed by atoms with Crippen molar-refractivity contribution in [2.45, 2.75) is 19.4 Å². The van der Waals surface area contributed by atoms with Gasteiger partial charge >= 0.3 is 0 Å². The molecule has 2 rings (SSSR count). The van der Waals surface area contributed by atoms with Gasteiger partial charge in [0.1, 0.15) is 0 Å². The molecule has 0 aliphatic rings. The molecule has 2 nitrogen and oxygen atoms in total. The highest BCUT2D eigenvalue weighted by Crippen LogP contribution is 2.27. The number of benzene rings is 1. The predicted octanol–water partition coefficient (Wildman–Crippen LogP) is 3.35. The average Bonchev–Trinajstić information content (AvgIpc) is 2.74. The number of halogens is 1. The second-order valence-electron chi connectivity index (χ2n) is 3.71. The number of nitrogens with zero attached hydrogens (tertiary/aromatic N) is 1. The fraction of sp³-hybridized carbons (Fsp3) is 0.250. The lowest BCUT2D eigenvalue weighted by atomic mass is 10.0. The van der Waals surface area contributed by atoms with Crippen LogP contribution in [0.4, 0.5) is 0 Å². The van der Waals surface area contributed by atoms with Crippen molar-refractivity contribution >= 4 is 22.9 Å². The van der Waals surface area contributed by atoms with Gasteiger partial charge in [-0.3, -0.25) is 0 Å². The van der Waals surface area contributed by atoms with Crippen molar-refractivity contribution < 1.29 is 0 Å². The lowest BCUT2D eigenvalue weighted by molar-refractivity contribution is 0.717. The van der Waals surface area contributed by atoms with Gasteiger partial charge in [0.2, 0.25) is 0 Å². The van der Waals surface area contributed by atoms with Gasteiger partial charge in [-0.05, 0) is 18.1 Å². The van der Waals surface area contributed by atoms with Gasteiger partial charge in [-0.15, -0.1) is 11.3 Å². The summed E-state index contributed by atoms with van der Waals surface area (Å²) in [6, 6.07) is 5.87. The Morgan fingerprint density at radius 2 is 2.31 bits per heavy atom. The van der Waals surface area contributed by atoms with E-state index in [1.54, 1.807) is 17.5 Å². The van der Waals surface area contributed by atoms with Crippen LogP contribution in [0, 0.1) is 6.92 Å². The zero-order chi connectivity index (χ0) is 11.5. The van der Waals surface area contributed by atoms with Crippen molar-refractivity contribution in [2.75, 3.05) is 0 Å². The maximum Gasteiger partial charge on any atom is 0.0943 e. The van der Waals surface area contributed by atoms with E-state index in [1.165, 1.54) is 0 Å². The monoisotopic (exact) mass is 252 g/mol. The molecule has 4 heteroatoms. The average molecular weight is 253 g/mol. The highest BCUT2D eigenvalue weighted by molar-refractivity contribution is 7.09. The minimum atomic E-state index is -0.0847. The molecule has 0 aliphatic carbocycles. The lowest BCUT2D eigenvalue weighted by Gasteiger charge is -2.13. The van der Waals surface area contributed by atoms with Gasteiger partial charge in [0, 0.05) is 29.1 Å². The van der Waals surface area contributed by atoms with E-state index in [0.29, 0.717) is 0 Å². The van der Waals surface area contributed by atoms with Crippen molar-refractivity contribution in [3.8, 4) is 0 Å². The fourth-order valence-electron chi connectivity index (χ4n) is 1.61. The quantitative estimate of drug-likeness (QED) is 0.910. The number of thiazole rings is 1. The van der Waals surface area contributed by atoms with Gasteiger partial charge in [0.25, 0.3) is 0 Å². The van der Waals surface area contributed by atoms with Crippen LogP contribution in [0.5, 0.6) is 0 Å². The summed E-state index contributed by atoms with van der Waals surface area (Å²) >= 11 is 7.85. The van der Waals surface area contributed by atoms with Gasteiger partial charge in [-0.2, -0.15) is 0 Å². The third-order valence-electron chi connectivity index (χ3n) is 2.50. The summed E-state index contributed by atoms with van der Waals surface area (Å²) in [6.45, 7) is 1.99. The molecule has 84 valence electrons. The van der Waals surface area contributed by atoms with E-state index >= 15 is 0 Å². The zero-order valence-corrected chi connectivity index (χ0v) is 10.6. The smallest absolute Gasteiger partial charge is 0.0943 e. The van der Waals surface area contributed by atoms with Gasteiger partial charge < -0.3 is 5.73 Å². The summed E-state index contributed by atoms with van der Waals surface area (Å²) in [5.41, 5.74) is 8.20. The summed E-state index contributed by atoms with van der Waals surface area (Å²) in [6.07, 6.45) is 2.53. The van der Waals surface area contributed by atoms with Gasteiger partial charge in [0.15, 0.2) is 0 Å². The Bertz CT molecular complexity index is 468. The molecule has 1 aromatic heterocycles. The highest BCUT2D eigenvalue weighted by atomic mass is 35.5. The summed E-state index contributed by atoms with van der Waals surface area (Å²) in [4.78, 5) is 4.23. The number of aromatic nitrogens is 1. The maximum absolute atomic E-state index is 6.23. The van der Waals surface area contributed by atoms with Crippen LogP contribution < -0.4 is 5.73 Å². The third kappa shape index (κ3) is 2.43. The molecule has 2 N–H and O–H groups in total. The van der Waals surface area contributed by atoms with E-state index < -0.39 is 0 Å². The molecule has 0 fully saturated rings. The fourth-order valence-corrected chi connectivity index (χ4v) is 2.55. The molecule has 1 atom stereocenters. The number of aryl methyl sites for hydroxylation is 1. The number of hydrogen-bond donors (Lipinski definition) is 1. The first kappa shape index (κ1) is 11.6. The van der Waals surface area contributed by atoms with E-state index in [0.717, 1.165) is 27.6 Å². The Morgan fingerprint density at radius 1 is 1.50 bits per heavy atom. The van der Waals surface area contributed by atoms with Crippen molar-refractivity contribution in [1.82, 2.24) is 4.98 Å². The molecule has 0 saturated heterocycles. The topological polar surface area (TPSA) is 38.9 Å². The van der Waals surface area contributed by atoms with Crippen LogP contribution in [0.15, 0.2) is 29.8 Å². The molecule has 0 bridgehead atoms. The van der Waals surface area contributed by atoms with Crippen LogP contribution in [0.1, 0.15) is 22.2 Å². The molecule has 0 saturated carbocycles. The van der Waals surface area contributed by atoms with Crippen LogP contribution in [0.3, 0.4) is 0 Å². The van der Waals surface area contributed by atoms with Crippen LogP contribution in [-0.4, -0.2) is 4.98 Å². The summed E-state index contributed by atoms with van der Waals surface area (Å²) < 4.78 is 0. The molecular formula is C12H13ClN2S. The second kappa shape index (κ2) is 4.95. The Kier molecular flexibility index (Phi) is 3.59. The lowest BCUT2D eigenvalue weighted by Crippen LogP contribution is -2.14. The van der Waals surface area contributed by atoms with Crippen molar-refractivity contribution in [3.63, 3.8) is 0 Å². The number of hydrogen-bond acceptors (Lipinski definition) is 3. The maximum atomic E-state index is 6.23. The number of nitrogens with two attached hydrogens (primary N) is 1. The van der Waals surface area contributed by atoms with Gasteiger partial charge in [0.05, 0.1) is 5.01 Å². The number of rotatable bonds is 3. The standard InChI is InChI=1S/C12H13ClN2S/c1-8-3-2-4-9(12(8)13)10(14)7-11-15-5-6-16-11/h2-6,10H,7,14H2,1H3. The molecule has 0 spiro atoms.